The molecule has 6 rings (SSSR count). The summed E-state index contributed by atoms with van der Waals surface area (Å²) in [5, 5.41) is 0. The van der Waals surface area contributed by atoms with Gasteiger partial charge in [-0.2, -0.15) is 9.97 Å². The fourth-order valence-corrected chi connectivity index (χ4v) is 5.33. The van der Waals surface area contributed by atoms with Crippen molar-refractivity contribution in [2.24, 2.45) is 11.8 Å². The maximum Gasteiger partial charge on any atom is 0.296 e. The predicted molar refractivity (Wildman–Crippen MR) is 138 cm³/mol. The summed E-state index contributed by atoms with van der Waals surface area (Å²) in [6.07, 6.45) is -0.344. The van der Waals surface area contributed by atoms with Crippen LogP contribution in [-0.4, -0.2) is 89.5 Å². The Hall–Kier alpha value is -3.38. The second-order valence-corrected chi connectivity index (χ2v) is 10.3. The minimum atomic E-state index is -2.79. The van der Waals surface area contributed by atoms with Crippen molar-refractivity contribution in [1.82, 2.24) is 24.4 Å². The Morgan fingerprint density at radius 3 is 2.51 bits per heavy atom. The number of morpholine rings is 1. The molecule has 12 heteroatoms. The van der Waals surface area contributed by atoms with Gasteiger partial charge in [0, 0.05) is 57.8 Å². The maximum absolute atomic E-state index is 14.0. The molecule has 0 aliphatic carbocycles. The molecule has 1 amide bonds. The van der Waals surface area contributed by atoms with Crippen molar-refractivity contribution in [3.63, 3.8) is 0 Å². The highest BCUT2D eigenvalue weighted by Crippen LogP contribution is 2.30. The number of para-hydroxylation sites is 2. The first-order chi connectivity index (χ1) is 19.0. The zero-order valence-electron chi connectivity index (χ0n) is 21.7. The number of hydrogen-bond acceptors (Lipinski definition) is 8. The minimum Gasteiger partial charge on any atom is -0.477 e. The van der Waals surface area contributed by atoms with Gasteiger partial charge in [0.15, 0.2) is 5.82 Å². The average Bonchev–Trinajstić information content (AvgIpc) is 3.33. The van der Waals surface area contributed by atoms with Gasteiger partial charge in [0.25, 0.3) is 6.43 Å². The smallest absolute Gasteiger partial charge is 0.296 e. The van der Waals surface area contributed by atoms with E-state index in [1.54, 1.807) is 30.3 Å². The molecule has 0 radical (unpaired) electrons. The SMILES string of the molecule is O=C(CC1CCOCC1)N1CC(COc2cc(-n3c(C(F)F)nc4ccccc43)nc(N3CCOCC3)n2)C1. The Balaban J connectivity index is 1.19. The molecule has 0 bridgehead atoms. The Bertz CT molecular complexity index is 1300. The molecular formula is C27H32F2N6O4. The van der Waals surface area contributed by atoms with Crippen LogP contribution >= 0.6 is 0 Å². The zero-order chi connectivity index (χ0) is 26.8. The van der Waals surface area contributed by atoms with Gasteiger partial charge < -0.3 is 24.0 Å². The first kappa shape index (κ1) is 25.9. The number of rotatable bonds is 8. The van der Waals surface area contributed by atoms with Crippen LogP contribution in [0.3, 0.4) is 0 Å². The lowest BCUT2D eigenvalue weighted by Gasteiger charge is -2.40. The Morgan fingerprint density at radius 2 is 1.74 bits per heavy atom. The van der Waals surface area contributed by atoms with Gasteiger partial charge in [0.05, 0.1) is 30.9 Å². The van der Waals surface area contributed by atoms with Crippen LogP contribution in [0, 0.1) is 11.8 Å². The standard InChI is InChI=1S/C27H32F2N6O4/c28-25(29)26-30-20-3-1-2-4-21(20)35(26)22-14-23(32-27(31-22)33-7-11-38-12-8-33)39-17-19-15-34(16-19)24(36)13-18-5-9-37-10-6-18/h1-4,14,18-19,25H,5-13,15-17H2. The van der Waals surface area contributed by atoms with E-state index in [2.05, 4.69) is 15.0 Å². The summed E-state index contributed by atoms with van der Waals surface area (Å²) in [5.74, 6) is 1.34. The lowest BCUT2D eigenvalue weighted by molar-refractivity contribution is -0.139. The summed E-state index contributed by atoms with van der Waals surface area (Å²) in [6.45, 7) is 5.33. The second-order valence-electron chi connectivity index (χ2n) is 10.3. The van der Waals surface area contributed by atoms with Crippen molar-refractivity contribution in [3.8, 4) is 11.7 Å². The topological polar surface area (TPSA) is 94.8 Å². The monoisotopic (exact) mass is 542 g/mol. The Labute approximate surface area is 224 Å². The van der Waals surface area contributed by atoms with Crippen LogP contribution in [0.1, 0.15) is 31.5 Å². The van der Waals surface area contributed by atoms with E-state index in [9.17, 15) is 13.6 Å². The van der Waals surface area contributed by atoms with Crippen molar-refractivity contribution in [3.05, 3.63) is 36.2 Å². The van der Waals surface area contributed by atoms with Gasteiger partial charge >= 0.3 is 0 Å². The molecule has 3 aliphatic heterocycles. The van der Waals surface area contributed by atoms with E-state index in [1.807, 2.05) is 9.80 Å². The third-order valence-corrected chi connectivity index (χ3v) is 7.56. The number of ether oxygens (including phenoxy) is 3. The van der Waals surface area contributed by atoms with E-state index >= 15 is 0 Å². The fourth-order valence-electron chi connectivity index (χ4n) is 5.33. The molecule has 3 saturated heterocycles. The minimum absolute atomic E-state index is 0.180. The molecule has 3 aliphatic rings. The molecule has 0 saturated carbocycles. The van der Waals surface area contributed by atoms with Crippen LogP contribution in [-0.2, 0) is 14.3 Å². The first-order valence-electron chi connectivity index (χ1n) is 13.5. The molecule has 3 aromatic rings. The lowest BCUT2D eigenvalue weighted by Crippen LogP contribution is -2.52. The maximum atomic E-state index is 14.0. The largest absolute Gasteiger partial charge is 0.477 e. The van der Waals surface area contributed by atoms with Crippen LogP contribution in [0.15, 0.2) is 30.3 Å². The highest BCUT2D eigenvalue weighted by Gasteiger charge is 2.33. The molecule has 39 heavy (non-hydrogen) atoms. The number of alkyl halides is 2. The van der Waals surface area contributed by atoms with Crippen molar-refractivity contribution in [1.29, 1.82) is 0 Å². The normalized spacial score (nSPS) is 19.1. The van der Waals surface area contributed by atoms with Crippen molar-refractivity contribution >= 4 is 22.9 Å². The number of carbonyl (C=O) groups is 1. The van der Waals surface area contributed by atoms with Gasteiger partial charge in [-0.1, -0.05) is 12.1 Å². The summed E-state index contributed by atoms with van der Waals surface area (Å²) in [7, 11) is 0. The Kier molecular flexibility index (Phi) is 7.55. The van der Waals surface area contributed by atoms with E-state index < -0.39 is 6.43 Å². The number of imidazole rings is 1. The van der Waals surface area contributed by atoms with E-state index in [-0.39, 0.29) is 23.5 Å². The molecule has 1 aromatic carbocycles. The van der Waals surface area contributed by atoms with Gasteiger partial charge in [0.2, 0.25) is 17.7 Å². The average molecular weight is 543 g/mol. The van der Waals surface area contributed by atoms with Gasteiger partial charge in [0.1, 0.15) is 5.82 Å². The van der Waals surface area contributed by atoms with Crippen molar-refractivity contribution in [2.45, 2.75) is 25.7 Å². The van der Waals surface area contributed by atoms with E-state index in [0.717, 1.165) is 26.1 Å². The van der Waals surface area contributed by atoms with Crippen LogP contribution in [0.2, 0.25) is 0 Å². The summed E-state index contributed by atoms with van der Waals surface area (Å²) in [6, 6.07) is 8.56. The van der Waals surface area contributed by atoms with Gasteiger partial charge in [-0.3, -0.25) is 9.36 Å². The molecular weight excluding hydrogens is 510 g/mol. The third kappa shape index (κ3) is 5.67. The lowest BCUT2D eigenvalue weighted by atomic mass is 9.93. The number of carbonyl (C=O) groups excluding carboxylic acids is 1. The highest BCUT2D eigenvalue weighted by atomic mass is 19.3. The second kappa shape index (κ2) is 11.4. The van der Waals surface area contributed by atoms with Crippen LogP contribution in [0.5, 0.6) is 5.88 Å². The molecule has 0 spiro atoms. The van der Waals surface area contributed by atoms with Gasteiger partial charge in [-0.05, 0) is 30.9 Å². The first-order valence-corrected chi connectivity index (χ1v) is 13.5. The number of amides is 1. The number of benzene rings is 1. The van der Waals surface area contributed by atoms with Gasteiger partial charge in [-0.25, -0.2) is 13.8 Å². The fraction of sp³-hybridized carbons (Fsp3) is 0.556. The third-order valence-electron chi connectivity index (χ3n) is 7.56. The van der Waals surface area contributed by atoms with E-state index in [0.29, 0.717) is 81.2 Å². The summed E-state index contributed by atoms with van der Waals surface area (Å²) in [5.41, 5.74) is 0.991. The number of hydrogen-bond donors (Lipinski definition) is 0. The van der Waals surface area contributed by atoms with Crippen LogP contribution in [0.25, 0.3) is 16.9 Å². The van der Waals surface area contributed by atoms with Crippen LogP contribution in [0.4, 0.5) is 14.7 Å². The molecule has 0 atom stereocenters. The zero-order valence-corrected chi connectivity index (χ0v) is 21.7. The molecule has 5 heterocycles. The van der Waals surface area contributed by atoms with Crippen LogP contribution < -0.4 is 9.64 Å². The molecule has 2 aromatic heterocycles. The molecule has 10 nitrogen and oxygen atoms in total. The number of halogens is 2. The molecule has 208 valence electrons. The molecule has 0 unspecified atom stereocenters. The quantitative estimate of drug-likeness (QED) is 0.428. The molecule has 0 N–H and O–H groups in total. The Morgan fingerprint density at radius 1 is 1.00 bits per heavy atom. The summed E-state index contributed by atoms with van der Waals surface area (Å²) < 4.78 is 46.4. The number of nitrogens with zero attached hydrogens (tertiary/aromatic N) is 6. The number of likely N-dealkylation sites (tertiary alicyclic amines) is 1. The molecule has 3 fully saturated rings. The number of anilines is 1. The summed E-state index contributed by atoms with van der Waals surface area (Å²) >= 11 is 0. The van der Waals surface area contributed by atoms with Crippen molar-refractivity contribution < 1.29 is 27.8 Å². The van der Waals surface area contributed by atoms with Gasteiger partial charge in [-0.15, -0.1) is 0 Å². The number of aromatic nitrogens is 4. The predicted octanol–water partition coefficient (Wildman–Crippen LogP) is 3.24. The van der Waals surface area contributed by atoms with E-state index in [4.69, 9.17) is 14.2 Å². The van der Waals surface area contributed by atoms with Crippen molar-refractivity contribution in [2.75, 3.05) is 64.1 Å². The van der Waals surface area contributed by atoms with E-state index in [1.165, 1.54) is 4.57 Å². The summed E-state index contributed by atoms with van der Waals surface area (Å²) in [4.78, 5) is 29.9. The highest BCUT2D eigenvalue weighted by molar-refractivity contribution is 5.78. The number of fused-ring (bicyclic) bond motifs is 1.